The minimum absolute atomic E-state index is 0.180. The molecule has 2 aliphatic heterocycles. The number of carbonyl (C=O) groups excluding carboxylic acids is 2. The fraction of sp³-hybridized carbons (Fsp3) is 0.0909. The zero-order chi connectivity index (χ0) is 12.7. The monoisotopic (exact) mass is 310 g/mol. The average Bonchev–Trinajstić information content (AvgIpc) is 2.86. The summed E-state index contributed by atoms with van der Waals surface area (Å²) in [5, 5.41) is 4.55. The largest absolute Gasteiger partial charge is 0.454 e. The zero-order valence-corrected chi connectivity index (χ0v) is 10.5. The quantitative estimate of drug-likeness (QED) is 0.606. The number of amides is 3. The van der Waals surface area contributed by atoms with E-state index in [0.717, 1.165) is 4.47 Å². The van der Waals surface area contributed by atoms with Gasteiger partial charge in [0.1, 0.15) is 5.70 Å². The van der Waals surface area contributed by atoms with Crippen LogP contribution in [0.3, 0.4) is 0 Å². The Morgan fingerprint density at radius 2 is 1.89 bits per heavy atom. The highest BCUT2D eigenvalue weighted by atomic mass is 79.9. The topological polar surface area (TPSA) is 76.7 Å². The number of carbonyl (C=O) groups is 2. The maximum Gasteiger partial charge on any atom is 0.326 e. The Morgan fingerprint density at radius 1 is 1.17 bits per heavy atom. The van der Waals surface area contributed by atoms with Crippen molar-refractivity contribution in [3.05, 3.63) is 27.9 Å². The van der Waals surface area contributed by atoms with E-state index < -0.39 is 11.9 Å². The van der Waals surface area contributed by atoms with Gasteiger partial charge in [0.15, 0.2) is 11.5 Å². The van der Waals surface area contributed by atoms with Gasteiger partial charge in [0.2, 0.25) is 6.79 Å². The van der Waals surface area contributed by atoms with E-state index in [1.54, 1.807) is 18.2 Å². The summed E-state index contributed by atoms with van der Waals surface area (Å²) in [5.74, 6) is 0.795. The predicted molar refractivity (Wildman–Crippen MR) is 64.9 cm³/mol. The van der Waals surface area contributed by atoms with Crippen LogP contribution in [0.5, 0.6) is 11.5 Å². The fourth-order valence-corrected chi connectivity index (χ4v) is 2.12. The summed E-state index contributed by atoms with van der Waals surface area (Å²) in [7, 11) is 0. The summed E-state index contributed by atoms with van der Waals surface area (Å²) in [4.78, 5) is 22.4. The number of fused-ring (bicyclic) bond motifs is 1. The molecule has 18 heavy (non-hydrogen) atoms. The second-order valence-corrected chi connectivity index (χ2v) is 4.55. The molecule has 2 N–H and O–H groups in total. The van der Waals surface area contributed by atoms with Crippen molar-refractivity contribution in [2.24, 2.45) is 0 Å². The van der Waals surface area contributed by atoms with E-state index in [1.165, 1.54) is 0 Å². The number of imide groups is 1. The van der Waals surface area contributed by atoms with Crippen molar-refractivity contribution < 1.29 is 19.1 Å². The average molecular weight is 311 g/mol. The fourth-order valence-electron chi connectivity index (χ4n) is 1.68. The van der Waals surface area contributed by atoms with Gasteiger partial charge in [0, 0.05) is 4.47 Å². The first kappa shape index (κ1) is 11.1. The van der Waals surface area contributed by atoms with Gasteiger partial charge in [0.25, 0.3) is 5.91 Å². The van der Waals surface area contributed by atoms with Gasteiger partial charge in [-0.15, -0.1) is 0 Å². The highest BCUT2D eigenvalue weighted by Gasteiger charge is 2.24. The van der Waals surface area contributed by atoms with E-state index in [2.05, 4.69) is 26.6 Å². The van der Waals surface area contributed by atoms with E-state index in [4.69, 9.17) is 9.47 Å². The van der Waals surface area contributed by atoms with Crippen LogP contribution in [0.4, 0.5) is 4.79 Å². The van der Waals surface area contributed by atoms with Crippen LogP contribution in [-0.4, -0.2) is 18.7 Å². The lowest BCUT2D eigenvalue weighted by Gasteiger charge is -2.02. The number of urea groups is 1. The van der Waals surface area contributed by atoms with Crippen molar-refractivity contribution in [1.82, 2.24) is 10.6 Å². The van der Waals surface area contributed by atoms with Gasteiger partial charge in [-0.2, -0.15) is 0 Å². The Kier molecular flexibility index (Phi) is 2.48. The number of halogens is 1. The normalized spacial score (nSPS) is 19.1. The highest BCUT2D eigenvalue weighted by Crippen LogP contribution is 2.37. The minimum atomic E-state index is -0.525. The van der Waals surface area contributed by atoms with Crippen molar-refractivity contribution in [3.8, 4) is 11.5 Å². The molecule has 0 unspecified atom stereocenters. The van der Waals surface area contributed by atoms with Gasteiger partial charge in [-0.3, -0.25) is 10.1 Å². The molecule has 92 valence electrons. The second-order valence-electron chi connectivity index (χ2n) is 3.69. The minimum Gasteiger partial charge on any atom is -0.454 e. The maximum atomic E-state index is 11.4. The van der Waals surface area contributed by atoms with Gasteiger partial charge < -0.3 is 14.8 Å². The van der Waals surface area contributed by atoms with Crippen molar-refractivity contribution in [3.63, 3.8) is 0 Å². The number of benzene rings is 1. The third-order valence-corrected chi connectivity index (χ3v) is 3.20. The lowest BCUT2D eigenvalue weighted by Crippen LogP contribution is -2.22. The molecular weight excluding hydrogens is 304 g/mol. The molecule has 1 saturated heterocycles. The molecule has 0 bridgehead atoms. The lowest BCUT2D eigenvalue weighted by molar-refractivity contribution is -0.115. The molecule has 0 aliphatic carbocycles. The number of hydrogen-bond donors (Lipinski definition) is 2. The molecule has 1 fully saturated rings. The first-order valence-electron chi connectivity index (χ1n) is 5.06. The first-order chi connectivity index (χ1) is 8.63. The standard InChI is InChI=1S/C11H7BrN2O4/c12-6-3-9-8(17-4-18-9)2-5(6)1-7-10(15)14-11(16)13-7/h1-3H,4H2,(H2,13,14,15,16)/b7-1-. The highest BCUT2D eigenvalue weighted by molar-refractivity contribution is 9.10. The van der Waals surface area contributed by atoms with Crippen LogP contribution in [0.15, 0.2) is 22.3 Å². The number of nitrogens with one attached hydrogen (secondary N) is 2. The van der Waals surface area contributed by atoms with E-state index in [1.807, 2.05) is 0 Å². The van der Waals surface area contributed by atoms with Gasteiger partial charge >= 0.3 is 6.03 Å². The van der Waals surface area contributed by atoms with Crippen molar-refractivity contribution in [2.45, 2.75) is 0 Å². The molecule has 0 aromatic heterocycles. The molecule has 0 atom stereocenters. The van der Waals surface area contributed by atoms with Crippen LogP contribution in [0.2, 0.25) is 0 Å². The molecule has 2 heterocycles. The lowest BCUT2D eigenvalue weighted by atomic mass is 10.1. The molecule has 3 rings (SSSR count). The van der Waals surface area contributed by atoms with Crippen LogP contribution >= 0.6 is 15.9 Å². The van der Waals surface area contributed by atoms with Gasteiger partial charge in [-0.1, -0.05) is 15.9 Å². The number of hydrogen-bond acceptors (Lipinski definition) is 4. The van der Waals surface area contributed by atoms with Crippen LogP contribution < -0.4 is 20.1 Å². The van der Waals surface area contributed by atoms with Crippen LogP contribution in [0.1, 0.15) is 5.56 Å². The first-order valence-corrected chi connectivity index (χ1v) is 5.86. The zero-order valence-electron chi connectivity index (χ0n) is 8.95. The molecule has 2 aliphatic rings. The smallest absolute Gasteiger partial charge is 0.326 e. The van der Waals surface area contributed by atoms with Gasteiger partial charge in [-0.05, 0) is 23.8 Å². The molecule has 0 saturated carbocycles. The van der Waals surface area contributed by atoms with E-state index in [9.17, 15) is 9.59 Å². The Hall–Kier alpha value is -2.02. The van der Waals surface area contributed by atoms with Crippen molar-refractivity contribution in [1.29, 1.82) is 0 Å². The molecule has 6 nitrogen and oxygen atoms in total. The van der Waals surface area contributed by atoms with E-state index >= 15 is 0 Å². The number of ether oxygens (including phenoxy) is 2. The summed E-state index contributed by atoms with van der Waals surface area (Å²) < 4.78 is 11.2. The van der Waals surface area contributed by atoms with E-state index in [0.29, 0.717) is 17.1 Å². The number of rotatable bonds is 1. The van der Waals surface area contributed by atoms with Gasteiger partial charge in [-0.25, -0.2) is 4.79 Å². The SMILES string of the molecule is O=C1NC(=O)/C(=C/c2cc3c(cc2Br)OCO3)N1. The Morgan fingerprint density at radius 3 is 2.56 bits per heavy atom. The molecule has 1 aromatic carbocycles. The molecule has 1 aromatic rings. The van der Waals surface area contributed by atoms with Crippen molar-refractivity contribution in [2.75, 3.05) is 6.79 Å². The molecule has 7 heteroatoms. The Labute approximate surface area is 110 Å². The summed E-state index contributed by atoms with van der Waals surface area (Å²) in [5.41, 5.74) is 0.908. The summed E-state index contributed by atoms with van der Waals surface area (Å²) >= 11 is 3.37. The molecular formula is C11H7BrN2O4. The van der Waals surface area contributed by atoms with Crippen LogP contribution in [-0.2, 0) is 4.79 Å². The van der Waals surface area contributed by atoms with E-state index in [-0.39, 0.29) is 12.5 Å². The predicted octanol–water partition coefficient (Wildman–Crippen LogP) is 1.36. The third kappa shape index (κ3) is 1.82. The maximum absolute atomic E-state index is 11.4. The third-order valence-electron chi connectivity index (χ3n) is 2.51. The Balaban J connectivity index is 2.00. The molecule has 3 amide bonds. The van der Waals surface area contributed by atoms with Gasteiger partial charge in [0.05, 0.1) is 0 Å². The second kappa shape index (κ2) is 4.02. The Bertz CT molecular complexity index is 597. The summed E-state index contributed by atoms with van der Waals surface area (Å²) in [6.07, 6.45) is 1.56. The molecule has 0 radical (unpaired) electrons. The summed E-state index contributed by atoms with van der Waals surface area (Å²) in [6.45, 7) is 0.180. The molecule has 0 spiro atoms. The summed E-state index contributed by atoms with van der Waals surface area (Å²) in [6, 6.07) is 2.96. The van der Waals surface area contributed by atoms with Crippen molar-refractivity contribution >= 4 is 33.9 Å². The van der Waals surface area contributed by atoms with Crippen LogP contribution in [0.25, 0.3) is 6.08 Å². The van der Waals surface area contributed by atoms with Crippen LogP contribution in [0, 0.1) is 0 Å².